The number of anilines is 1. The van der Waals surface area contributed by atoms with E-state index in [9.17, 15) is 9.59 Å². The van der Waals surface area contributed by atoms with Crippen LogP contribution in [0.1, 0.15) is 29.5 Å². The van der Waals surface area contributed by atoms with Gasteiger partial charge in [0.05, 0.1) is 18.0 Å². The SMILES string of the molecule is Cc1cccc(NC(=O)CN(CC2CCCO2)C(=O)/C=C/c2cnn(-c3ccccc3)c2)c1C. The van der Waals surface area contributed by atoms with Crippen molar-refractivity contribution in [1.82, 2.24) is 14.7 Å². The molecule has 1 N–H and O–H groups in total. The lowest BCUT2D eigenvalue weighted by molar-refractivity contribution is -0.131. The molecule has 0 aliphatic carbocycles. The Morgan fingerprint density at radius 3 is 2.76 bits per heavy atom. The minimum Gasteiger partial charge on any atom is -0.376 e. The maximum atomic E-state index is 13.1. The van der Waals surface area contributed by atoms with Gasteiger partial charge < -0.3 is 15.0 Å². The fraction of sp³-hybridized carbons (Fsp3) is 0.296. The first-order valence-corrected chi connectivity index (χ1v) is 11.5. The van der Waals surface area contributed by atoms with Crippen molar-refractivity contribution in [2.24, 2.45) is 0 Å². The maximum absolute atomic E-state index is 13.1. The number of para-hydroxylation sites is 1. The topological polar surface area (TPSA) is 76.5 Å². The van der Waals surface area contributed by atoms with E-state index < -0.39 is 0 Å². The highest BCUT2D eigenvalue weighted by atomic mass is 16.5. The Labute approximate surface area is 200 Å². The lowest BCUT2D eigenvalue weighted by Crippen LogP contribution is -2.41. The molecule has 4 rings (SSSR count). The Hall–Kier alpha value is -3.71. The van der Waals surface area contributed by atoms with E-state index >= 15 is 0 Å². The van der Waals surface area contributed by atoms with E-state index in [1.165, 1.54) is 6.08 Å². The summed E-state index contributed by atoms with van der Waals surface area (Å²) in [4.78, 5) is 27.4. The molecule has 0 spiro atoms. The lowest BCUT2D eigenvalue weighted by atomic mass is 10.1. The molecule has 2 heterocycles. The molecule has 3 aromatic rings. The standard InChI is InChI=1S/C27H30N4O3/c1-20-8-6-12-25(21(20)2)29-26(32)19-30(18-24-11-7-15-34-24)27(33)14-13-22-16-28-31(17-22)23-9-4-3-5-10-23/h3-6,8-10,12-14,16-17,24H,7,11,15,18-19H2,1-2H3,(H,29,32)/b14-13+. The third-order valence-corrected chi connectivity index (χ3v) is 6.01. The number of hydrogen-bond donors (Lipinski definition) is 1. The number of nitrogens with one attached hydrogen (secondary N) is 1. The van der Waals surface area contributed by atoms with Crippen molar-refractivity contribution in [3.63, 3.8) is 0 Å². The van der Waals surface area contributed by atoms with Crippen LogP contribution in [0.2, 0.25) is 0 Å². The molecule has 1 fully saturated rings. The Bertz CT molecular complexity index is 1160. The van der Waals surface area contributed by atoms with E-state index in [0.717, 1.165) is 40.9 Å². The van der Waals surface area contributed by atoms with Crippen LogP contribution in [0.5, 0.6) is 0 Å². The zero-order valence-electron chi connectivity index (χ0n) is 19.6. The summed E-state index contributed by atoms with van der Waals surface area (Å²) in [5.41, 5.74) is 4.62. The molecule has 2 amide bonds. The van der Waals surface area contributed by atoms with Gasteiger partial charge in [-0.1, -0.05) is 30.3 Å². The summed E-state index contributed by atoms with van der Waals surface area (Å²) < 4.78 is 7.48. The van der Waals surface area contributed by atoms with Gasteiger partial charge in [-0.25, -0.2) is 4.68 Å². The summed E-state index contributed by atoms with van der Waals surface area (Å²) in [6.07, 6.45) is 8.58. The van der Waals surface area contributed by atoms with Crippen molar-refractivity contribution in [3.8, 4) is 5.69 Å². The quantitative estimate of drug-likeness (QED) is 0.515. The average Bonchev–Trinajstić information content (AvgIpc) is 3.53. The number of nitrogens with zero attached hydrogens (tertiary/aromatic N) is 3. The van der Waals surface area contributed by atoms with Crippen LogP contribution in [0.4, 0.5) is 5.69 Å². The predicted octanol–water partition coefficient (Wildman–Crippen LogP) is 4.15. The van der Waals surface area contributed by atoms with E-state index in [0.29, 0.717) is 13.2 Å². The number of aromatic nitrogens is 2. The number of amides is 2. The van der Waals surface area contributed by atoms with Gasteiger partial charge in [-0.3, -0.25) is 9.59 Å². The second kappa shape index (κ2) is 10.9. The fourth-order valence-electron chi connectivity index (χ4n) is 3.93. The van der Waals surface area contributed by atoms with Crippen LogP contribution in [-0.2, 0) is 14.3 Å². The van der Waals surface area contributed by atoms with Crippen molar-refractivity contribution in [1.29, 1.82) is 0 Å². The number of ether oxygens (including phenoxy) is 1. The van der Waals surface area contributed by atoms with Crippen LogP contribution >= 0.6 is 0 Å². The van der Waals surface area contributed by atoms with Crippen LogP contribution in [0.3, 0.4) is 0 Å². The number of carbonyl (C=O) groups is 2. The smallest absolute Gasteiger partial charge is 0.247 e. The minimum absolute atomic E-state index is 0.0420. The Balaban J connectivity index is 1.44. The number of carbonyl (C=O) groups excluding carboxylic acids is 2. The lowest BCUT2D eigenvalue weighted by Gasteiger charge is -2.24. The third-order valence-electron chi connectivity index (χ3n) is 6.01. The summed E-state index contributed by atoms with van der Waals surface area (Å²) in [5, 5.41) is 7.30. The normalized spacial score (nSPS) is 15.5. The first-order chi connectivity index (χ1) is 16.5. The van der Waals surface area contributed by atoms with Crippen LogP contribution in [-0.4, -0.2) is 52.3 Å². The van der Waals surface area contributed by atoms with E-state index in [-0.39, 0.29) is 24.5 Å². The molecular formula is C27H30N4O3. The molecule has 1 saturated heterocycles. The van der Waals surface area contributed by atoms with E-state index in [1.807, 2.05) is 68.6 Å². The fourth-order valence-corrected chi connectivity index (χ4v) is 3.93. The largest absolute Gasteiger partial charge is 0.376 e. The van der Waals surface area contributed by atoms with Crippen LogP contribution in [0, 0.1) is 13.8 Å². The molecule has 0 radical (unpaired) electrons. The highest BCUT2D eigenvalue weighted by molar-refractivity contribution is 5.98. The van der Waals surface area contributed by atoms with Crippen molar-refractivity contribution in [3.05, 3.63) is 83.7 Å². The minimum atomic E-state index is -0.237. The molecular weight excluding hydrogens is 428 g/mol. The Morgan fingerprint density at radius 1 is 1.18 bits per heavy atom. The molecule has 176 valence electrons. The highest BCUT2D eigenvalue weighted by Crippen LogP contribution is 2.19. The van der Waals surface area contributed by atoms with Crippen molar-refractivity contribution in [2.45, 2.75) is 32.8 Å². The van der Waals surface area contributed by atoms with Gasteiger partial charge in [0, 0.05) is 36.7 Å². The van der Waals surface area contributed by atoms with Crippen molar-refractivity contribution < 1.29 is 14.3 Å². The van der Waals surface area contributed by atoms with Gasteiger partial charge in [0.25, 0.3) is 0 Å². The van der Waals surface area contributed by atoms with Crippen LogP contribution in [0.25, 0.3) is 11.8 Å². The third kappa shape index (κ3) is 5.99. The van der Waals surface area contributed by atoms with Gasteiger partial charge in [0.1, 0.15) is 6.54 Å². The van der Waals surface area contributed by atoms with Gasteiger partial charge in [0.15, 0.2) is 0 Å². The zero-order chi connectivity index (χ0) is 23.9. The molecule has 1 aromatic heterocycles. The molecule has 0 saturated carbocycles. The molecule has 1 atom stereocenters. The Morgan fingerprint density at radius 2 is 2.00 bits per heavy atom. The summed E-state index contributed by atoms with van der Waals surface area (Å²) in [6, 6.07) is 15.6. The molecule has 34 heavy (non-hydrogen) atoms. The molecule has 1 aliphatic rings. The summed E-state index contributed by atoms with van der Waals surface area (Å²) >= 11 is 0. The summed E-state index contributed by atoms with van der Waals surface area (Å²) in [6.45, 7) is 5.00. The molecule has 7 nitrogen and oxygen atoms in total. The zero-order valence-corrected chi connectivity index (χ0v) is 19.6. The van der Waals surface area contributed by atoms with Gasteiger partial charge in [-0.05, 0) is 62.1 Å². The monoisotopic (exact) mass is 458 g/mol. The first-order valence-electron chi connectivity index (χ1n) is 11.5. The number of hydrogen-bond acceptors (Lipinski definition) is 4. The van der Waals surface area contributed by atoms with Gasteiger partial charge in [0.2, 0.25) is 11.8 Å². The Kier molecular flexibility index (Phi) is 7.54. The number of benzene rings is 2. The van der Waals surface area contributed by atoms with Crippen molar-refractivity contribution >= 4 is 23.6 Å². The van der Waals surface area contributed by atoms with E-state index in [2.05, 4.69) is 10.4 Å². The average molecular weight is 459 g/mol. The van der Waals surface area contributed by atoms with Gasteiger partial charge in [-0.2, -0.15) is 5.10 Å². The maximum Gasteiger partial charge on any atom is 0.247 e. The number of rotatable bonds is 8. The summed E-state index contributed by atoms with van der Waals surface area (Å²) in [5.74, 6) is -0.468. The predicted molar refractivity (Wildman–Crippen MR) is 133 cm³/mol. The van der Waals surface area contributed by atoms with Crippen LogP contribution in [0.15, 0.2) is 67.0 Å². The first kappa shape index (κ1) is 23.4. The van der Waals surface area contributed by atoms with Crippen LogP contribution < -0.4 is 5.32 Å². The number of aryl methyl sites for hydroxylation is 1. The molecule has 2 aromatic carbocycles. The second-order valence-corrected chi connectivity index (χ2v) is 8.54. The molecule has 1 unspecified atom stereocenters. The highest BCUT2D eigenvalue weighted by Gasteiger charge is 2.23. The summed E-state index contributed by atoms with van der Waals surface area (Å²) in [7, 11) is 0. The van der Waals surface area contributed by atoms with Gasteiger partial charge in [-0.15, -0.1) is 0 Å². The second-order valence-electron chi connectivity index (χ2n) is 8.54. The van der Waals surface area contributed by atoms with E-state index in [4.69, 9.17) is 4.74 Å². The van der Waals surface area contributed by atoms with Crippen molar-refractivity contribution in [2.75, 3.05) is 25.0 Å². The molecule has 0 bridgehead atoms. The van der Waals surface area contributed by atoms with Gasteiger partial charge >= 0.3 is 0 Å². The molecule has 1 aliphatic heterocycles. The van der Waals surface area contributed by atoms with E-state index in [1.54, 1.807) is 21.9 Å². The molecule has 7 heteroatoms.